The number of sulfonamides is 1. The molecule has 170 valence electrons. The smallest absolute Gasteiger partial charge is 0.338 e. The van der Waals surface area contributed by atoms with E-state index < -0.39 is 28.0 Å². The van der Waals surface area contributed by atoms with Gasteiger partial charge in [-0.3, -0.25) is 4.79 Å². The Kier molecular flexibility index (Phi) is 8.76. The van der Waals surface area contributed by atoms with Crippen molar-refractivity contribution < 1.29 is 27.3 Å². The van der Waals surface area contributed by atoms with Crippen molar-refractivity contribution in [2.45, 2.75) is 58.0 Å². The number of aryl methyl sites for hydroxylation is 1. The zero-order valence-corrected chi connectivity index (χ0v) is 19.1. The standard InChI is InChI=1S/C21H29N3O6S/c1-5-8-9-18(20(25)22-19-14-15(4)30-23-19)29-21(26)16-10-12-17(13-11-16)31(27,28)24(6-2)7-3/h10-14,18H,5-9H2,1-4H3,(H,22,23,25)/t18-/m0/s1. The van der Waals surface area contributed by atoms with Crippen LogP contribution in [0.2, 0.25) is 0 Å². The van der Waals surface area contributed by atoms with Gasteiger partial charge in [0.05, 0.1) is 10.5 Å². The highest BCUT2D eigenvalue weighted by atomic mass is 32.2. The summed E-state index contributed by atoms with van der Waals surface area (Å²) in [6.45, 7) is 7.88. The van der Waals surface area contributed by atoms with Gasteiger partial charge in [0.2, 0.25) is 10.0 Å². The minimum Gasteiger partial charge on any atom is -0.449 e. The minimum absolute atomic E-state index is 0.0921. The van der Waals surface area contributed by atoms with Gasteiger partial charge in [0.1, 0.15) is 5.76 Å². The van der Waals surface area contributed by atoms with E-state index in [-0.39, 0.29) is 16.3 Å². The van der Waals surface area contributed by atoms with Crippen LogP contribution < -0.4 is 5.32 Å². The molecule has 10 heteroatoms. The second-order valence-corrected chi connectivity index (χ2v) is 8.90. The van der Waals surface area contributed by atoms with Crippen LogP contribution in [0, 0.1) is 6.92 Å². The van der Waals surface area contributed by atoms with Gasteiger partial charge in [0.25, 0.3) is 5.91 Å². The lowest BCUT2D eigenvalue weighted by Gasteiger charge is -2.19. The number of esters is 1. The number of unbranched alkanes of at least 4 members (excludes halogenated alkanes) is 1. The summed E-state index contributed by atoms with van der Waals surface area (Å²) >= 11 is 0. The summed E-state index contributed by atoms with van der Waals surface area (Å²) in [6, 6.07) is 7.06. The first-order chi connectivity index (χ1) is 14.7. The van der Waals surface area contributed by atoms with Crippen molar-refractivity contribution >= 4 is 27.7 Å². The van der Waals surface area contributed by atoms with Gasteiger partial charge in [-0.05, 0) is 44.0 Å². The van der Waals surface area contributed by atoms with Crippen LogP contribution in [0.5, 0.6) is 0 Å². The van der Waals surface area contributed by atoms with E-state index in [1.165, 1.54) is 28.6 Å². The van der Waals surface area contributed by atoms with E-state index in [9.17, 15) is 18.0 Å². The topological polar surface area (TPSA) is 119 Å². The third-order valence-corrected chi connectivity index (χ3v) is 6.74. The molecule has 0 spiro atoms. The van der Waals surface area contributed by atoms with Crippen molar-refractivity contribution in [2.24, 2.45) is 0 Å². The van der Waals surface area contributed by atoms with E-state index in [4.69, 9.17) is 9.26 Å². The average molecular weight is 452 g/mol. The van der Waals surface area contributed by atoms with Crippen LogP contribution in [0.15, 0.2) is 39.8 Å². The molecule has 2 aromatic rings. The molecule has 0 saturated carbocycles. The molecular formula is C21H29N3O6S. The summed E-state index contributed by atoms with van der Waals surface area (Å²) in [4.78, 5) is 25.2. The molecule has 0 aliphatic rings. The second-order valence-electron chi connectivity index (χ2n) is 6.96. The van der Waals surface area contributed by atoms with Gasteiger partial charge >= 0.3 is 5.97 Å². The van der Waals surface area contributed by atoms with Crippen LogP contribution in [0.1, 0.15) is 56.2 Å². The number of carbonyl (C=O) groups excluding carboxylic acids is 2. The maximum Gasteiger partial charge on any atom is 0.338 e. The molecule has 1 heterocycles. The molecule has 2 rings (SSSR count). The van der Waals surface area contributed by atoms with E-state index in [1.54, 1.807) is 26.8 Å². The van der Waals surface area contributed by atoms with Crippen LogP contribution >= 0.6 is 0 Å². The van der Waals surface area contributed by atoms with Crippen molar-refractivity contribution in [3.05, 3.63) is 41.7 Å². The van der Waals surface area contributed by atoms with E-state index in [2.05, 4.69) is 10.5 Å². The van der Waals surface area contributed by atoms with Crippen molar-refractivity contribution in [1.29, 1.82) is 0 Å². The number of anilines is 1. The molecule has 9 nitrogen and oxygen atoms in total. The molecule has 1 amide bonds. The SMILES string of the molecule is CCCC[C@H](OC(=O)c1ccc(S(=O)(=O)N(CC)CC)cc1)C(=O)Nc1cc(C)on1. The minimum atomic E-state index is -3.62. The van der Waals surface area contributed by atoms with E-state index in [0.717, 1.165) is 6.42 Å². The predicted octanol–water partition coefficient (Wildman–Crippen LogP) is 3.37. The molecule has 1 atom stereocenters. The lowest BCUT2D eigenvalue weighted by atomic mass is 10.1. The molecule has 1 aromatic carbocycles. The molecular weight excluding hydrogens is 422 g/mol. The Balaban J connectivity index is 2.12. The summed E-state index contributed by atoms with van der Waals surface area (Å²) in [5, 5.41) is 6.29. The number of benzene rings is 1. The maximum absolute atomic E-state index is 12.6. The van der Waals surface area contributed by atoms with Gasteiger partial charge in [-0.15, -0.1) is 0 Å². The van der Waals surface area contributed by atoms with Crippen molar-refractivity contribution in [3.63, 3.8) is 0 Å². The van der Waals surface area contributed by atoms with Gasteiger partial charge in [-0.25, -0.2) is 13.2 Å². The third kappa shape index (κ3) is 6.38. The summed E-state index contributed by atoms with van der Waals surface area (Å²) < 4.78 is 36.8. The molecule has 1 aromatic heterocycles. The molecule has 1 N–H and O–H groups in total. The van der Waals surface area contributed by atoms with Crippen LogP contribution in [0.25, 0.3) is 0 Å². The second kappa shape index (κ2) is 11.1. The first-order valence-corrected chi connectivity index (χ1v) is 11.7. The molecule has 0 aliphatic heterocycles. The Morgan fingerprint density at radius 1 is 1.16 bits per heavy atom. The number of rotatable bonds is 11. The van der Waals surface area contributed by atoms with E-state index >= 15 is 0 Å². The van der Waals surface area contributed by atoms with Crippen LogP contribution in [0.3, 0.4) is 0 Å². The van der Waals surface area contributed by atoms with Gasteiger partial charge in [0, 0.05) is 19.2 Å². The highest BCUT2D eigenvalue weighted by molar-refractivity contribution is 7.89. The fraction of sp³-hybridized carbons (Fsp3) is 0.476. The Morgan fingerprint density at radius 3 is 2.32 bits per heavy atom. The van der Waals surface area contributed by atoms with Crippen molar-refractivity contribution in [2.75, 3.05) is 18.4 Å². The quantitative estimate of drug-likeness (QED) is 0.520. The van der Waals surface area contributed by atoms with Gasteiger partial charge < -0.3 is 14.6 Å². The summed E-state index contributed by atoms with van der Waals surface area (Å²) in [5.41, 5.74) is 0.157. The fourth-order valence-electron chi connectivity index (χ4n) is 2.94. The summed E-state index contributed by atoms with van der Waals surface area (Å²) in [6.07, 6.45) is 0.842. The molecule has 0 radical (unpaired) electrons. The number of hydrogen-bond acceptors (Lipinski definition) is 7. The molecule has 0 fully saturated rings. The highest BCUT2D eigenvalue weighted by Gasteiger charge is 2.25. The molecule has 0 saturated heterocycles. The third-order valence-electron chi connectivity index (χ3n) is 4.67. The lowest BCUT2D eigenvalue weighted by molar-refractivity contribution is -0.125. The number of aromatic nitrogens is 1. The fourth-order valence-corrected chi connectivity index (χ4v) is 4.40. The van der Waals surface area contributed by atoms with E-state index in [1.807, 2.05) is 6.92 Å². The maximum atomic E-state index is 12.6. The van der Waals surface area contributed by atoms with Gasteiger partial charge in [0.15, 0.2) is 11.9 Å². The molecule has 0 bridgehead atoms. The Morgan fingerprint density at radius 2 is 1.81 bits per heavy atom. The number of ether oxygens (including phenoxy) is 1. The normalized spacial score (nSPS) is 12.5. The van der Waals surface area contributed by atoms with Gasteiger partial charge in [-0.2, -0.15) is 4.31 Å². The Hall–Kier alpha value is -2.72. The first kappa shape index (κ1) is 24.5. The molecule has 31 heavy (non-hydrogen) atoms. The lowest BCUT2D eigenvalue weighted by Crippen LogP contribution is -2.33. The molecule has 0 aliphatic carbocycles. The monoisotopic (exact) mass is 451 g/mol. The average Bonchev–Trinajstić information content (AvgIpc) is 3.16. The van der Waals surface area contributed by atoms with E-state index in [0.29, 0.717) is 31.7 Å². The molecule has 0 unspecified atom stereocenters. The number of nitrogens with one attached hydrogen (secondary N) is 1. The number of hydrogen-bond donors (Lipinski definition) is 1. The van der Waals surface area contributed by atoms with Crippen molar-refractivity contribution in [3.8, 4) is 0 Å². The number of amides is 1. The van der Waals surface area contributed by atoms with Crippen molar-refractivity contribution in [1.82, 2.24) is 9.46 Å². The number of nitrogens with zero attached hydrogens (tertiary/aromatic N) is 2. The van der Waals surface area contributed by atoms with Crippen LogP contribution in [0.4, 0.5) is 5.82 Å². The van der Waals surface area contributed by atoms with Crippen LogP contribution in [-0.4, -0.2) is 48.9 Å². The summed E-state index contributed by atoms with van der Waals surface area (Å²) in [7, 11) is -3.62. The first-order valence-electron chi connectivity index (χ1n) is 10.3. The zero-order valence-electron chi connectivity index (χ0n) is 18.3. The number of carbonyl (C=O) groups is 2. The van der Waals surface area contributed by atoms with Crippen LogP contribution in [-0.2, 0) is 19.6 Å². The largest absolute Gasteiger partial charge is 0.449 e. The Labute approximate surface area is 182 Å². The Bertz CT molecular complexity index is 981. The highest BCUT2D eigenvalue weighted by Crippen LogP contribution is 2.18. The summed E-state index contributed by atoms with van der Waals surface area (Å²) in [5.74, 6) is -0.432. The predicted molar refractivity (Wildman–Crippen MR) is 115 cm³/mol. The van der Waals surface area contributed by atoms with Gasteiger partial charge in [-0.1, -0.05) is 32.3 Å². The zero-order chi connectivity index (χ0) is 23.0.